The molecule has 10 heteroatoms. The molecule has 0 bridgehead atoms. The van der Waals surface area contributed by atoms with E-state index in [1.165, 1.54) is 11.3 Å². The molecule has 0 amide bonds. The number of benzene rings is 1. The zero-order valence-electron chi connectivity index (χ0n) is 15.4. The van der Waals surface area contributed by atoms with Crippen LogP contribution in [0.2, 0.25) is 0 Å². The van der Waals surface area contributed by atoms with Crippen LogP contribution in [-0.2, 0) is 4.74 Å². The fraction of sp³-hybridized carbons (Fsp3) is 0.211. The molecule has 146 valence electrons. The van der Waals surface area contributed by atoms with Gasteiger partial charge in [-0.3, -0.25) is 0 Å². The van der Waals surface area contributed by atoms with E-state index in [2.05, 4.69) is 35.4 Å². The first-order valence-corrected chi connectivity index (χ1v) is 9.94. The van der Waals surface area contributed by atoms with Gasteiger partial charge in [0.2, 0.25) is 5.89 Å². The number of hydrogen-bond donors (Lipinski definition) is 1. The van der Waals surface area contributed by atoms with Crippen LogP contribution in [0.15, 0.2) is 53.3 Å². The third-order valence-electron chi connectivity index (χ3n) is 4.38. The molecule has 9 nitrogen and oxygen atoms in total. The summed E-state index contributed by atoms with van der Waals surface area (Å²) >= 11 is 1.42. The van der Waals surface area contributed by atoms with Crippen LogP contribution in [0.5, 0.6) is 0 Å². The maximum absolute atomic E-state index is 5.79. The fourth-order valence-electron chi connectivity index (χ4n) is 2.94. The van der Waals surface area contributed by atoms with Crippen LogP contribution in [0.3, 0.4) is 0 Å². The van der Waals surface area contributed by atoms with E-state index in [0.29, 0.717) is 35.9 Å². The summed E-state index contributed by atoms with van der Waals surface area (Å²) in [5, 5.41) is 12.2. The molecule has 3 aromatic heterocycles. The quantitative estimate of drug-likeness (QED) is 0.534. The molecule has 0 unspecified atom stereocenters. The lowest BCUT2D eigenvalue weighted by Crippen LogP contribution is -2.36. The first-order chi connectivity index (χ1) is 14.3. The van der Waals surface area contributed by atoms with Crippen LogP contribution in [-0.4, -0.2) is 51.5 Å². The highest BCUT2D eigenvalue weighted by Crippen LogP contribution is 2.31. The molecule has 0 saturated carbocycles. The minimum absolute atomic E-state index is 0.436. The highest BCUT2D eigenvalue weighted by Gasteiger charge is 2.15. The second-order valence-corrected chi connectivity index (χ2v) is 7.32. The molecule has 1 N–H and O–H groups in total. The zero-order chi connectivity index (χ0) is 19.5. The molecule has 29 heavy (non-hydrogen) atoms. The maximum atomic E-state index is 5.79. The predicted octanol–water partition coefficient (Wildman–Crippen LogP) is 3.23. The molecule has 0 radical (unpaired) electrons. The zero-order valence-corrected chi connectivity index (χ0v) is 16.2. The van der Waals surface area contributed by atoms with Gasteiger partial charge in [0.15, 0.2) is 5.13 Å². The first kappa shape index (κ1) is 17.7. The third kappa shape index (κ3) is 3.93. The van der Waals surface area contributed by atoms with Gasteiger partial charge < -0.3 is 19.4 Å². The van der Waals surface area contributed by atoms with Crippen molar-refractivity contribution >= 4 is 28.1 Å². The number of nitrogens with zero attached hydrogens (tertiary/aromatic N) is 6. The lowest BCUT2D eigenvalue weighted by atomic mass is 10.2. The molecule has 1 aromatic carbocycles. The van der Waals surface area contributed by atoms with Crippen molar-refractivity contribution in [2.75, 3.05) is 36.5 Å². The van der Waals surface area contributed by atoms with Crippen molar-refractivity contribution in [2.24, 2.45) is 0 Å². The molecule has 5 rings (SSSR count). The van der Waals surface area contributed by atoms with Crippen LogP contribution >= 0.6 is 11.3 Å². The lowest BCUT2D eigenvalue weighted by molar-refractivity contribution is 0.122. The van der Waals surface area contributed by atoms with Gasteiger partial charge in [-0.05, 0) is 12.1 Å². The number of anilines is 3. The van der Waals surface area contributed by atoms with E-state index in [-0.39, 0.29) is 0 Å². The molecule has 0 spiro atoms. The third-order valence-corrected chi connectivity index (χ3v) is 5.29. The van der Waals surface area contributed by atoms with Crippen molar-refractivity contribution in [3.8, 4) is 22.2 Å². The summed E-state index contributed by atoms with van der Waals surface area (Å²) in [6.45, 7) is 3.05. The number of thiazole rings is 1. The molecule has 4 heterocycles. The highest BCUT2D eigenvalue weighted by molar-refractivity contribution is 7.18. The Kier molecular flexibility index (Phi) is 4.85. The molecule has 4 aromatic rings. The number of rotatable bonds is 5. The standard InChI is InChI=1S/C19H17N7O2S/c1-2-4-13(5-3-1)17-24-25-18(28-17)14-11-20-19(29-14)23-15-10-16(22-12-21-15)26-6-8-27-9-7-26/h1-5,10-12H,6-9H2,(H,20,21,22,23). The summed E-state index contributed by atoms with van der Waals surface area (Å²) < 4.78 is 11.2. The number of nitrogens with one attached hydrogen (secondary N) is 1. The summed E-state index contributed by atoms with van der Waals surface area (Å²) in [6, 6.07) is 11.6. The van der Waals surface area contributed by atoms with Crippen LogP contribution in [0.4, 0.5) is 16.8 Å². The largest absolute Gasteiger partial charge is 0.415 e. The van der Waals surface area contributed by atoms with E-state index in [4.69, 9.17) is 9.15 Å². The van der Waals surface area contributed by atoms with E-state index in [0.717, 1.165) is 29.3 Å². The molecule has 1 aliphatic rings. The van der Waals surface area contributed by atoms with Crippen molar-refractivity contribution in [1.29, 1.82) is 0 Å². The Labute approximate surface area is 170 Å². The molecule has 0 atom stereocenters. The van der Waals surface area contributed by atoms with E-state index < -0.39 is 0 Å². The summed E-state index contributed by atoms with van der Waals surface area (Å²) in [5.74, 6) is 2.46. The van der Waals surface area contributed by atoms with E-state index in [1.807, 2.05) is 36.4 Å². The van der Waals surface area contributed by atoms with Crippen molar-refractivity contribution in [2.45, 2.75) is 0 Å². The van der Waals surface area contributed by atoms with E-state index >= 15 is 0 Å². The SMILES string of the molecule is c1ccc(-c2nnc(-c3cnc(Nc4cc(N5CCOCC5)ncn4)s3)o2)cc1. The van der Waals surface area contributed by atoms with Gasteiger partial charge in [-0.2, -0.15) is 0 Å². The van der Waals surface area contributed by atoms with Gasteiger partial charge in [-0.15, -0.1) is 10.2 Å². The molecule has 1 aliphatic heterocycles. The number of ether oxygens (including phenoxy) is 1. The minimum atomic E-state index is 0.436. The Bertz CT molecular complexity index is 1090. The van der Waals surface area contributed by atoms with Crippen LogP contribution in [0.1, 0.15) is 0 Å². The topological polar surface area (TPSA) is 102 Å². The fourth-order valence-corrected chi connectivity index (χ4v) is 3.69. The molecular formula is C19H17N7O2S. The number of hydrogen-bond acceptors (Lipinski definition) is 10. The van der Waals surface area contributed by atoms with Crippen molar-refractivity contribution in [1.82, 2.24) is 25.1 Å². The van der Waals surface area contributed by atoms with Gasteiger partial charge >= 0.3 is 0 Å². The minimum Gasteiger partial charge on any atom is -0.415 e. The Morgan fingerprint density at radius 3 is 2.66 bits per heavy atom. The average Bonchev–Trinajstić information content (AvgIpc) is 3.45. The molecular weight excluding hydrogens is 390 g/mol. The van der Waals surface area contributed by atoms with Crippen LogP contribution in [0.25, 0.3) is 22.2 Å². The van der Waals surface area contributed by atoms with Crippen molar-refractivity contribution in [3.63, 3.8) is 0 Å². The highest BCUT2D eigenvalue weighted by atomic mass is 32.1. The van der Waals surface area contributed by atoms with Gasteiger partial charge in [0.25, 0.3) is 5.89 Å². The second-order valence-electron chi connectivity index (χ2n) is 6.29. The van der Waals surface area contributed by atoms with Gasteiger partial charge in [-0.25, -0.2) is 15.0 Å². The molecule has 0 aliphatic carbocycles. The Hall–Kier alpha value is -3.37. The van der Waals surface area contributed by atoms with Crippen molar-refractivity contribution in [3.05, 3.63) is 48.9 Å². The van der Waals surface area contributed by atoms with Crippen molar-refractivity contribution < 1.29 is 9.15 Å². The second kappa shape index (κ2) is 7.94. The Morgan fingerprint density at radius 2 is 1.79 bits per heavy atom. The van der Waals surface area contributed by atoms with E-state index in [9.17, 15) is 0 Å². The predicted molar refractivity (Wildman–Crippen MR) is 109 cm³/mol. The lowest BCUT2D eigenvalue weighted by Gasteiger charge is -2.27. The number of morpholine rings is 1. The van der Waals surface area contributed by atoms with Gasteiger partial charge in [-0.1, -0.05) is 29.5 Å². The van der Waals surface area contributed by atoms with E-state index in [1.54, 1.807) is 12.5 Å². The van der Waals surface area contributed by atoms with Crippen LogP contribution < -0.4 is 10.2 Å². The summed E-state index contributed by atoms with van der Waals surface area (Å²) in [7, 11) is 0. The van der Waals surface area contributed by atoms with Crippen LogP contribution in [0, 0.1) is 0 Å². The first-order valence-electron chi connectivity index (χ1n) is 9.12. The molecule has 1 saturated heterocycles. The normalized spacial score (nSPS) is 14.1. The Balaban J connectivity index is 1.31. The number of aromatic nitrogens is 5. The summed E-state index contributed by atoms with van der Waals surface area (Å²) in [5.41, 5.74) is 0.880. The van der Waals surface area contributed by atoms with Gasteiger partial charge in [0, 0.05) is 24.7 Å². The summed E-state index contributed by atoms with van der Waals surface area (Å²) in [6.07, 6.45) is 3.26. The Morgan fingerprint density at radius 1 is 0.966 bits per heavy atom. The molecule has 1 fully saturated rings. The monoisotopic (exact) mass is 407 g/mol. The van der Waals surface area contributed by atoms with Gasteiger partial charge in [0.05, 0.1) is 19.4 Å². The maximum Gasteiger partial charge on any atom is 0.259 e. The average molecular weight is 407 g/mol. The van der Waals surface area contributed by atoms with Gasteiger partial charge in [0.1, 0.15) is 22.8 Å². The summed E-state index contributed by atoms with van der Waals surface area (Å²) in [4.78, 5) is 16.0. The smallest absolute Gasteiger partial charge is 0.259 e.